The summed E-state index contributed by atoms with van der Waals surface area (Å²) < 4.78 is 5.70. The standard InChI is InChI=1S/C18H19NO4/c1-11-8-9-12(2)16(10-11)23-13(3)17(20)19-15-7-5-4-6-14(15)18(21)22/h4-10,13H,1-3H3,(H,19,20)(H,21,22). The van der Waals surface area contributed by atoms with Gasteiger partial charge < -0.3 is 15.2 Å². The summed E-state index contributed by atoms with van der Waals surface area (Å²) in [7, 11) is 0. The van der Waals surface area contributed by atoms with Crippen LogP contribution in [0.3, 0.4) is 0 Å². The van der Waals surface area contributed by atoms with Crippen LogP contribution in [-0.4, -0.2) is 23.1 Å². The molecule has 0 saturated carbocycles. The van der Waals surface area contributed by atoms with E-state index in [9.17, 15) is 9.59 Å². The Labute approximate surface area is 134 Å². The second kappa shape index (κ2) is 6.96. The van der Waals surface area contributed by atoms with Crippen molar-refractivity contribution in [3.8, 4) is 5.75 Å². The summed E-state index contributed by atoms with van der Waals surface area (Å²) in [5.74, 6) is -0.859. The van der Waals surface area contributed by atoms with E-state index in [2.05, 4.69) is 5.32 Å². The quantitative estimate of drug-likeness (QED) is 0.887. The third-order valence-electron chi connectivity index (χ3n) is 3.43. The van der Waals surface area contributed by atoms with E-state index in [1.807, 2.05) is 32.0 Å². The number of carboxylic acid groups (broad SMARTS) is 1. The number of anilines is 1. The Morgan fingerprint density at radius 1 is 1.13 bits per heavy atom. The van der Waals surface area contributed by atoms with Gasteiger partial charge >= 0.3 is 5.97 Å². The van der Waals surface area contributed by atoms with Gasteiger partial charge in [-0.3, -0.25) is 4.79 Å². The molecule has 2 aromatic carbocycles. The molecule has 23 heavy (non-hydrogen) atoms. The molecule has 0 spiro atoms. The fourth-order valence-electron chi connectivity index (χ4n) is 2.09. The number of para-hydroxylation sites is 1. The normalized spacial score (nSPS) is 11.6. The molecule has 120 valence electrons. The second-order valence-electron chi connectivity index (χ2n) is 5.37. The van der Waals surface area contributed by atoms with Gasteiger partial charge in [-0.2, -0.15) is 0 Å². The van der Waals surface area contributed by atoms with Crippen LogP contribution in [0, 0.1) is 13.8 Å². The fourth-order valence-corrected chi connectivity index (χ4v) is 2.09. The lowest BCUT2D eigenvalue weighted by Crippen LogP contribution is -2.31. The van der Waals surface area contributed by atoms with Gasteiger partial charge in [0, 0.05) is 0 Å². The van der Waals surface area contributed by atoms with Crippen LogP contribution in [0.2, 0.25) is 0 Å². The van der Waals surface area contributed by atoms with Crippen molar-refractivity contribution in [2.45, 2.75) is 26.9 Å². The number of aryl methyl sites for hydroxylation is 2. The minimum atomic E-state index is -1.09. The van der Waals surface area contributed by atoms with E-state index in [-0.39, 0.29) is 11.3 Å². The summed E-state index contributed by atoms with van der Waals surface area (Å²) in [6.45, 7) is 5.47. The highest BCUT2D eigenvalue weighted by Crippen LogP contribution is 2.21. The molecule has 1 atom stereocenters. The predicted molar refractivity (Wildman–Crippen MR) is 88.0 cm³/mol. The van der Waals surface area contributed by atoms with Crippen LogP contribution in [0.1, 0.15) is 28.4 Å². The highest BCUT2D eigenvalue weighted by molar-refractivity contribution is 6.01. The van der Waals surface area contributed by atoms with Crippen LogP contribution in [-0.2, 0) is 4.79 Å². The van der Waals surface area contributed by atoms with Gasteiger partial charge in [0.15, 0.2) is 6.10 Å². The molecule has 1 unspecified atom stereocenters. The van der Waals surface area contributed by atoms with E-state index < -0.39 is 18.0 Å². The van der Waals surface area contributed by atoms with Crippen molar-refractivity contribution in [3.63, 3.8) is 0 Å². The van der Waals surface area contributed by atoms with Crippen molar-refractivity contribution in [3.05, 3.63) is 59.2 Å². The van der Waals surface area contributed by atoms with Crippen molar-refractivity contribution in [1.29, 1.82) is 0 Å². The third kappa shape index (κ3) is 4.10. The molecule has 2 aromatic rings. The molecule has 0 aromatic heterocycles. The lowest BCUT2D eigenvalue weighted by atomic mass is 10.1. The average molecular weight is 313 g/mol. The number of carbonyl (C=O) groups excluding carboxylic acids is 1. The summed E-state index contributed by atoms with van der Waals surface area (Å²) in [4.78, 5) is 23.4. The lowest BCUT2D eigenvalue weighted by Gasteiger charge is -2.17. The number of hydrogen-bond donors (Lipinski definition) is 2. The summed E-state index contributed by atoms with van der Waals surface area (Å²) in [6.07, 6.45) is -0.752. The minimum absolute atomic E-state index is 0.0415. The molecule has 0 aliphatic heterocycles. The van der Waals surface area contributed by atoms with Crippen LogP contribution in [0.4, 0.5) is 5.69 Å². The van der Waals surface area contributed by atoms with Gasteiger partial charge in [0.2, 0.25) is 0 Å². The SMILES string of the molecule is Cc1ccc(C)c(OC(C)C(=O)Nc2ccccc2C(=O)O)c1. The Hall–Kier alpha value is -2.82. The molecular formula is C18H19NO4. The Morgan fingerprint density at radius 2 is 1.83 bits per heavy atom. The topological polar surface area (TPSA) is 75.6 Å². The predicted octanol–water partition coefficient (Wildman–Crippen LogP) is 3.41. The molecule has 0 aliphatic rings. The summed E-state index contributed by atoms with van der Waals surface area (Å²) in [6, 6.07) is 12.0. The number of carboxylic acids is 1. The molecule has 2 rings (SSSR count). The monoisotopic (exact) mass is 313 g/mol. The van der Waals surface area contributed by atoms with Crippen LogP contribution in [0.5, 0.6) is 5.75 Å². The number of benzene rings is 2. The van der Waals surface area contributed by atoms with Crippen molar-refractivity contribution in [2.24, 2.45) is 0 Å². The highest BCUT2D eigenvalue weighted by atomic mass is 16.5. The zero-order valence-corrected chi connectivity index (χ0v) is 13.3. The van der Waals surface area contributed by atoms with Gasteiger partial charge in [-0.05, 0) is 50.1 Å². The van der Waals surface area contributed by atoms with E-state index in [1.165, 1.54) is 6.07 Å². The van der Waals surface area contributed by atoms with Crippen LogP contribution < -0.4 is 10.1 Å². The van der Waals surface area contributed by atoms with Crippen molar-refractivity contribution in [2.75, 3.05) is 5.32 Å². The van der Waals surface area contributed by atoms with Crippen LogP contribution in [0.25, 0.3) is 0 Å². The van der Waals surface area contributed by atoms with Gasteiger partial charge in [-0.1, -0.05) is 24.3 Å². The summed E-state index contributed by atoms with van der Waals surface area (Å²) in [5.41, 5.74) is 2.26. The largest absolute Gasteiger partial charge is 0.481 e. The number of amides is 1. The molecule has 5 nitrogen and oxygen atoms in total. The number of rotatable bonds is 5. The Kier molecular flexibility index (Phi) is 5.01. The maximum atomic E-state index is 12.3. The first-order valence-electron chi connectivity index (χ1n) is 7.25. The van der Waals surface area contributed by atoms with E-state index in [0.29, 0.717) is 5.75 Å². The molecule has 2 N–H and O–H groups in total. The zero-order valence-electron chi connectivity index (χ0n) is 13.3. The molecule has 0 radical (unpaired) electrons. The van der Waals surface area contributed by atoms with Gasteiger partial charge in [0.25, 0.3) is 5.91 Å². The first-order valence-corrected chi connectivity index (χ1v) is 7.25. The maximum Gasteiger partial charge on any atom is 0.337 e. The average Bonchev–Trinajstić information content (AvgIpc) is 2.51. The number of aromatic carboxylic acids is 1. The number of hydrogen-bond acceptors (Lipinski definition) is 3. The Morgan fingerprint density at radius 3 is 2.52 bits per heavy atom. The third-order valence-corrected chi connectivity index (χ3v) is 3.43. The lowest BCUT2D eigenvalue weighted by molar-refractivity contribution is -0.122. The van der Waals surface area contributed by atoms with Crippen molar-refractivity contribution < 1.29 is 19.4 Å². The van der Waals surface area contributed by atoms with Gasteiger partial charge in [0.1, 0.15) is 5.75 Å². The molecule has 0 fully saturated rings. The van der Waals surface area contributed by atoms with Crippen molar-refractivity contribution in [1.82, 2.24) is 0 Å². The number of carbonyl (C=O) groups is 2. The highest BCUT2D eigenvalue weighted by Gasteiger charge is 2.18. The number of nitrogens with one attached hydrogen (secondary N) is 1. The minimum Gasteiger partial charge on any atom is -0.481 e. The smallest absolute Gasteiger partial charge is 0.337 e. The molecule has 0 saturated heterocycles. The fraction of sp³-hybridized carbons (Fsp3) is 0.222. The first-order chi connectivity index (χ1) is 10.9. The van der Waals surface area contributed by atoms with Gasteiger partial charge in [-0.15, -0.1) is 0 Å². The molecular weight excluding hydrogens is 294 g/mol. The molecule has 5 heteroatoms. The van der Waals surface area contributed by atoms with E-state index in [1.54, 1.807) is 25.1 Å². The van der Waals surface area contributed by atoms with Gasteiger partial charge in [0.05, 0.1) is 11.3 Å². The van der Waals surface area contributed by atoms with E-state index in [0.717, 1.165) is 11.1 Å². The number of ether oxygens (including phenoxy) is 1. The Balaban J connectivity index is 2.12. The van der Waals surface area contributed by atoms with E-state index >= 15 is 0 Å². The molecule has 1 amide bonds. The maximum absolute atomic E-state index is 12.3. The van der Waals surface area contributed by atoms with Crippen molar-refractivity contribution >= 4 is 17.6 Å². The molecule has 0 bridgehead atoms. The van der Waals surface area contributed by atoms with Crippen LogP contribution >= 0.6 is 0 Å². The first kappa shape index (κ1) is 16.5. The van der Waals surface area contributed by atoms with E-state index in [4.69, 9.17) is 9.84 Å². The summed E-state index contributed by atoms with van der Waals surface area (Å²) in [5, 5.41) is 11.7. The van der Waals surface area contributed by atoms with Crippen LogP contribution in [0.15, 0.2) is 42.5 Å². The zero-order chi connectivity index (χ0) is 17.0. The summed E-state index contributed by atoms with van der Waals surface area (Å²) >= 11 is 0. The van der Waals surface area contributed by atoms with Gasteiger partial charge in [-0.25, -0.2) is 4.79 Å². The second-order valence-corrected chi connectivity index (χ2v) is 5.37. The molecule has 0 heterocycles. The Bertz CT molecular complexity index is 740. The molecule has 0 aliphatic carbocycles.